The Morgan fingerprint density at radius 2 is 1.53 bits per heavy atom. The standard InChI is InChI=1S/C13H8Cl2F2/c14-10-6-7-12(15)11(8-10)13(16,17)9-4-2-1-3-5-9/h1-8H. The number of hydrogen-bond donors (Lipinski definition) is 0. The molecule has 88 valence electrons. The summed E-state index contributed by atoms with van der Waals surface area (Å²) in [5.74, 6) is -3.15. The van der Waals surface area contributed by atoms with Crippen LogP contribution < -0.4 is 0 Å². The Kier molecular flexibility index (Phi) is 3.36. The van der Waals surface area contributed by atoms with Gasteiger partial charge in [0.05, 0.1) is 5.02 Å². The highest BCUT2D eigenvalue weighted by molar-refractivity contribution is 6.33. The second kappa shape index (κ2) is 4.63. The first-order valence-electron chi connectivity index (χ1n) is 4.90. The third kappa shape index (κ3) is 2.43. The SMILES string of the molecule is FC(F)(c1ccccc1)c1cc(Cl)ccc1Cl. The maximum Gasteiger partial charge on any atom is 0.299 e. The van der Waals surface area contributed by atoms with Crippen LogP contribution >= 0.6 is 23.2 Å². The average Bonchev–Trinajstić information content (AvgIpc) is 2.33. The van der Waals surface area contributed by atoms with Gasteiger partial charge in [0.1, 0.15) is 0 Å². The van der Waals surface area contributed by atoms with Crippen LogP contribution in [0.5, 0.6) is 0 Å². The Hall–Kier alpha value is -1.12. The van der Waals surface area contributed by atoms with Crippen molar-refractivity contribution in [2.45, 2.75) is 5.92 Å². The van der Waals surface area contributed by atoms with E-state index in [2.05, 4.69) is 0 Å². The number of hydrogen-bond acceptors (Lipinski definition) is 0. The molecule has 0 aliphatic carbocycles. The molecule has 0 radical (unpaired) electrons. The Morgan fingerprint density at radius 1 is 0.882 bits per heavy atom. The molecule has 0 unspecified atom stereocenters. The fourth-order valence-corrected chi connectivity index (χ4v) is 1.95. The molecule has 0 amide bonds. The quantitative estimate of drug-likeness (QED) is 0.711. The van der Waals surface area contributed by atoms with Crippen LogP contribution in [0.1, 0.15) is 11.1 Å². The highest BCUT2D eigenvalue weighted by atomic mass is 35.5. The van der Waals surface area contributed by atoms with Crippen LogP contribution in [0, 0.1) is 0 Å². The molecule has 0 aliphatic heterocycles. The summed E-state index contributed by atoms with van der Waals surface area (Å²) in [5, 5.41) is 0.239. The second-order valence-corrected chi connectivity index (χ2v) is 4.41. The van der Waals surface area contributed by atoms with Crippen molar-refractivity contribution < 1.29 is 8.78 Å². The normalized spacial score (nSPS) is 11.5. The van der Waals surface area contributed by atoms with Gasteiger partial charge in [-0.05, 0) is 18.2 Å². The van der Waals surface area contributed by atoms with Gasteiger partial charge in [0, 0.05) is 16.1 Å². The molecule has 17 heavy (non-hydrogen) atoms. The van der Waals surface area contributed by atoms with E-state index in [0.29, 0.717) is 0 Å². The molecule has 0 heterocycles. The van der Waals surface area contributed by atoms with Gasteiger partial charge >= 0.3 is 0 Å². The largest absolute Gasteiger partial charge is 0.299 e. The summed E-state index contributed by atoms with van der Waals surface area (Å²) < 4.78 is 28.4. The molecule has 0 atom stereocenters. The van der Waals surface area contributed by atoms with Gasteiger partial charge in [-0.2, -0.15) is 8.78 Å². The summed E-state index contributed by atoms with van der Waals surface area (Å²) in [6.45, 7) is 0. The topological polar surface area (TPSA) is 0 Å². The lowest BCUT2D eigenvalue weighted by atomic mass is 10.0. The molecule has 0 fully saturated rings. The molecule has 0 saturated heterocycles. The zero-order valence-electron chi connectivity index (χ0n) is 8.63. The number of halogens is 4. The molecule has 2 aromatic rings. The molecule has 0 nitrogen and oxygen atoms in total. The highest BCUT2D eigenvalue weighted by Crippen LogP contribution is 2.40. The molecule has 0 spiro atoms. The minimum Gasteiger partial charge on any atom is -0.196 e. The van der Waals surface area contributed by atoms with Gasteiger partial charge < -0.3 is 0 Å². The third-order valence-electron chi connectivity index (χ3n) is 2.40. The second-order valence-electron chi connectivity index (χ2n) is 3.56. The van der Waals surface area contributed by atoms with Crippen LogP contribution in [0.2, 0.25) is 10.0 Å². The number of rotatable bonds is 2. The molecule has 0 bridgehead atoms. The van der Waals surface area contributed by atoms with Crippen molar-refractivity contribution in [3.63, 3.8) is 0 Å². The van der Waals surface area contributed by atoms with E-state index in [0.717, 1.165) is 0 Å². The Morgan fingerprint density at radius 3 is 2.18 bits per heavy atom. The Labute approximate surface area is 108 Å². The van der Waals surface area contributed by atoms with Gasteiger partial charge in [-0.1, -0.05) is 53.5 Å². The van der Waals surface area contributed by atoms with Crippen molar-refractivity contribution in [2.75, 3.05) is 0 Å². The number of benzene rings is 2. The summed E-state index contributed by atoms with van der Waals surface area (Å²) in [7, 11) is 0. The summed E-state index contributed by atoms with van der Waals surface area (Å²) in [6, 6.07) is 11.6. The van der Waals surface area contributed by atoms with Gasteiger partial charge in [-0.25, -0.2) is 0 Å². The lowest BCUT2D eigenvalue weighted by Crippen LogP contribution is -2.15. The van der Waals surface area contributed by atoms with E-state index in [4.69, 9.17) is 23.2 Å². The van der Waals surface area contributed by atoms with Gasteiger partial charge in [0.15, 0.2) is 0 Å². The minimum absolute atomic E-state index is 0.00301. The van der Waals surface area contributed by atoms with Crippen LogP contribution in [-0.2, 0) is 5.92 Å². The molecule has 4 heteroatoms. The van der Waals surface area contributed by atoms with Crippen molar-refractivity contribution in [2.24, 2.45) is 0 Å². The number of alkyl halides is 2. The van der Waals surface area contributed by atoms with Crippen molar-refractivity contribution in [1.29, 1.82) is 0 Å². The van der Waals surface area contributed by atoms with Crippen molar-refractivity contribution in [3.05, 3.63) is 69.7 Å². The average molecular weight is 273 g/mol. The molecule has 2 rings (SSSR count). The predicted octanol–water partition coefficient (Wildman–Crippen LogP) is 5.13. The highest BCUT2D eigenvalue weighted by Gasteiger charge is 2.35. The molecule has 0 aromatic heterocycles. The van der Waals surface area contributed by atoms with Crippen LogP contribution in [-0.4, -0.2) is 0 Å². The van der Waals surface area contributed by atoms with Crippen LogP contribution in [0.15, 0.2) is 48.5 Å². The van der Waals surface area contributed by atoms with E-state index >= 15 is 0 Å². The van der Waals surface area contributed by atoms with Crippen molar-refractivity contribution in [1.82, 2.24) is 0 Å². The van der Waals surface area contributed by atoms with Crippen molar-refractivity contribution in [3.8, 4) is 0 Å². The summed E-state index contributed by atoms with van der Waals surface area (Å²) >= 11 is 11.5. The van der Waals surface area contributed by atoms with Crippen LogP contribution in [0.25, 0.3) is 0 Å². The zero-order valence-corrected chi connectivity index (χ0v) is 10.1. The van der Waals surface area contributed by atoms with Gasteiger partial charge in [0.25, 0.3) is 5.92 Å². The fraction of sp³-hybridized carbons (Fsp3) is 0.0769. The van der Waals surface area contributed by atoms with Gasteiger partial charge in [-0.3, -0.25) is 0 Å². The first-order chi connectivity index (χ1) is 8.01. The zero-order chi connectivity index (χ0) is 12.5. The van der Waals surface area contributed by atoms with E-state index in [-0.39, 0.29) is 21.2 Å². The molecule has 0 saturated carbocycles. The van der Waals surface area contributed by atoms with Gasteiger partial charge in [0.2, 0.25) is 0 Å². The molecular weight excluding hydrogens is 265 g/mol. The van der Waals surface area contributed by atoms with E-state index in [1.165, 1.54) is 30.3 Å². The van der Waals surface area contributed by atoms with Gasteiger partial charge in [-0.15, -0.1) is 0 Å². The molecule has 2 aromatic carbocycles. The van der Waals surface area contributed by atoms with E-state index in [1.54, 1.807) is 18.2 Å². The third-order valence-corrected chi connectivity index (χ3v) is 2.97. The lowest BCUT2D eigenvalue weighted by molar-refractivity contribution is 0.0430. The van der Waals surface area contributed by atoms with E-state index in [9.17, 15) is 8.78 Å². The first-order valence-corrected chi connectivity index (χ1v) is 5.66. The summed E-state index contributed by atoms with van der Waals surface area (Å²) in [5.41, 5.74) is -0.387. The first kappa shape index (κ1) is 12.3. The molecular formula is C13H8Cl2F2. The smallest absolute Gasteiger partial charge is 0.196 e. The molecule has 0 N–H and O–H groups in total. The molecule has 0 aliphatic rings. The summed E-state index contributed by atoms with van der Waals surface area (Å²) in [4.78, 5) is 0. The maximum absolute atomic E-state index is 14.2. The summed E-state index contributed by atoms with van der Waals surface area (Å²) in [6.07, 6.45) is 0. The fourth-order valence-electron chi connectivity index (χ4n) is 1.54. The van der Waals surface area contributed by atoms with Crippen LogP contribution in [0.4, 0.5) is 8.78 Å². The maximum atomic E-state index is 14.2. The Bertz CT molecular complexity index is 524. The van der Waals surface area contributed by atoms with E-state index in [1.807, 2.05) is 0 Å². The predicted molar refractivity (Wildman–Crippen MR) is 65.9 cm³/mol. The minimum atomic E-state index is -3.15. The van der Waals surface area contributed by atoms with Crippen molar-refractivity contribution >= 4 is 23.2 Å². The van der Waals surface area contributed by atoms with Crippen LogP contribution in [0.3, 0.4) is 0 Å². The lowest BCUT2D eigenvalue weighted by Gasteiger charge is -2.18. The Balaban J connectivity index is 2.55. The van der Waals surface area contributed by atoms with E-state index < -0.39 is 5.92 Å². The monoisotopic (exact) mass is 272 g/mol.